The van der Waals surface area contributed by atoms with Gasteiger partial charge < -0.3 is 10.6 Å². The number of hydrogen-bond donors (Lipinski definition) is 1. The number of aromatic nitrogens is 1. The average molecular weight is 265 g/mol. The van der Waals surface area contributed by atoms with Crippen molar-refractivity contribution < 1.29 is 4.79 Å². The topological polar surface area (TPSA) is 59.2 Å². The minimum Gasteiger partial charge on any atom is -0.339 e. The quantitative estimate of drug-likeness (QED) is 0.900. The standard InChI is InChI=1S/C13H19N3OS/c1-16(7-10-15-4-5-18-10)13(17)11-8-2-3-9(6-8)12(11)14/h4-5,8-9,11-12H,2-3,6-7,14H2,1H3. The monoisotopic (exact) mass is 265 g/mol. The minimum absolute atomic E-state index is 0.0497. The molecular formula is C13H19N3OS. The SMILES string of the molecule is CN(Cc1nccs1)C(=O)C1C2CCC(C2)C1N. The van der Waals surface area contributed by atoms with E-state index in [9.17, 15) is 4.79 Å². The van der Waals surface area contributed by atoms with Gasteiger partial charge in [-0.2, -0.15) is 0 Å². The summed E-state index contributed by atoms with van der Waals surface area (Å²) < 4.78 is 0. The number of carbonyl (C=O) groups excluding carboxylic acids is 1. The first-order valence-electron chi connectivity index (χ1n) is 6.55. The summed E-state index contributed by atoms with van der Waals surface area (Å²) in [6.07, 6.45) is 5.33. The molecule has 4 atom stereocenters. The molecule has 1 heterocycles. The molecule has 2 bridgehead atoms. The summed E-state index contributed by atoms with van der Waals surface area (Å²) in [7, 11) is 1.86. The highest BCUT2D eigenvalue weighted by Gasteiger charge is 2.49. The third-order valence-electron chi connectivity index (χ3n) is 4.50. The highest BCUT2D eigenvalue weighted by molar-refractivity contribution is 7.09. The van der Waals surface area contributed by atoms with Crippen molar-refractivity contribution >= 4 is 17.2 Å². The van der Waals surface area contributed by atoms with E-state index in [1.807, 2.05) is 12.4 Å². The fraction of sp³-hybridized carbons (Fsp3) is 0.692. The number of thiazole rings is 1. The summed E-state index contributed by atoms with van der Waals surface area (Å²) in [6.45, 7) is 0.608. The molecule has 2 saturated carbocycles. The van der Waals surface area contributed by atoms with Crippen molar-refractivity contribution in [2.45, 2.75) is 31.8 Å². The fourth-order valence-electron chi connectivity index (χ4n) is 3.57. The Balaban J connectivity index is 1.67. The Morgan fingerprint density at radius 3 is 2.94 bits per heavy atom. The highest BCUT2D eigenvalue weighted by Crippen LogP contribution is 2.48. The molecule has 2 aliphatic rings. The second-order valence-electron chi connectivity index (χ2n) is 5.56. The van der Waals surface area contributed by atoms with Crippen LogP contribution < -0.4 is 5.73 Å². The van der Waals surface area contributed by atoms with Crippen molar-refractivity contribution in [1.29, 1.82) is 0 Å². The van der Waals surface area contributed by atoms with E-state index in [1.165, 1.54) is 12.8 Å². The molecule has 0 radical (unpaired) electrons. The van der Waals surface area contributed by atoms with Gasteiger partial charge >= 0.3 is 0 Å². The van der Waals surface area contributed by atoms with E-state index in [0.29, 0.717) is 18.4 Å². The van der Waals surface area contributed by atoms with Gasteiger partial charge in [-0.3, -0.25) is 4.79 Å². The second kappa shape index (κ2) is 4.63. The molecule has 0 aromatic carbocycles. The van der Waals surface area contributed by atoms with Crippen molar-refractivity contribution in [1.82, 2.24) is 9.88 Å². The molecular weight excluding hydrogens is 246 g/mol. The molecule has 98 valence electrons. The maximum Gasteiger partial charge on any atom is 0.227 e. The van der Waals surface area contributed by atoms with Crippen LogP contribution in [0.3, 0.4) is 0 Å². The smallest absolute Gasteiger partial charge is 0.227 e. The molecule has 4 unspecified atom stereocenters. The van der Waals surface area contributed by atoms with Crippen LogP contribution in [0, 0.1) is 17.8 Å². The van der Waals surface area contributed by atoms with Gasteiger partial charge in [0.2, 0.25) is 5.91 Å². The molecule has 1 aromatic heterocycles. The molecule has 0 aliphatic heterocycles. The van der Waals surface area contributed by atoms with E-state index in [1.54, 1.807) is 22.4 Å². The molecule has 0 saturated heterocycles. The molecule has 1 aromatic rings. The molecule has 1 amide bonds. The molecule has 2 fully saturated rings. The van der Waals surface area contributed by atoms with E-state index < -0.39 is 0 Å². The van der Waals surface area contributed by atoms with Gasteiger partial charge in [0.05, 0.1) is 12.5 Å². The largest absolute Gasteiger partial charge is 0.339 e. The highest BCUT2D eigenvalue weighted by atomic mass is 32.1. The van der Waals surface area contributed by atoms with Gasteiger partial charge in [-0.05, 0) is 31.1 Å². The Kier molecular flexibility index (Phi) is 3.11. The number of carbonyl (C=O) groups is 1. The normalized spacial score (nSPS) is 33.9. The van der Waals surface area contributed by atoms with Crippen molar-refractivity contribution in [3.05, 3.63) is 16.6 Å². The Morgan fingerprint density at radius 2 is 2.33 bits per heavy atom. The molecule has 18 heavy (non-hydrogen) atoms. The third kappa shape index (κ3) is 1.95. The first kappa shape index (κ1) is 12.1. The van der Waals surface area contributed by atoms with Crippen LogP contribution in [0.2, 0.25) is 0 Å². The molecule has 4 nitrogen and oxygen atoms in total. The van der Waals surface area contributed by atoms with Gasteiger partial charge in [0.1, 0.15) is 5.01 Å². The van der Waals surface area contributed by atoms with Crippen LogP contribution in [0.5, 0.6) is 0 Å². The first-order chi connectivity index (χ1) is 8.66. The number of nitrogens with zero attached hydrogens (tertiary/aromatic N) is 2. The van der Waals surface area contributed by atoms with Crippen LogP contribution in [0.4, 0.5) is 0 Å². The van der Waals surface area contributed by atoms with Crippen molar-refractivity contribution in [3.63, 3.8) is 0 Å². The Morgan fingerprint density at radius 1 is 1.56 bits per heavy atom. The third-order valence-corrected chi connectivity index (χ3v) is 5.26. The Labute approximate surface area is 111 Å². The number of rotatable bonds is 3. The predicted molar refractivity (Wildman–Crippen MR) is 70.9 cm³/mol. The number of amides is 1. The lowest BCUT2D eigenvalue weighted by molar-refractivity contribution is -0.137. The van der Waals surface area contributed by atoms with Crippen LogP contribution in [-0.2, 0) is 11.3 Å². The van der Waals surface area contributed by atoms with Crippen LogP contribution >= 0.6 is 11.3 Å². The van der Waals surface area contributed by atoms with Gasteiger partial charge in [0.15, 0.2) is 0 Å². The average Bonchev–Trinajstić information content (AvgIpc) is 3.04. The lowest BCUT2D eigenvalue weighted by atomic mass is 9.84. The summed E-state index contributed by atoms with van der Waals surface area (Å²) >= 11 is 1.59. The van der Waals surface area contributed by atoms with E-state index in [4.69, 9.17) is 5.73 Å². The van der Waals surface area contributed by atoms with E-state index in [-0.39, 0.29) is 17.9 Å². The van der Waals surface area contributed by atoms with Crippen LogP contribution in [0.25, 0.3) is 0 Å². The van der Waals surface area contributed by atoms with E-state index in [2.05, 4.69) is 4.98 Å². The summed E-state index contributed by atoms with van der Waals surface area (Å²) in [5.74, 6) is 1.37. The van der Waals surface area contributed by atoms with Gasteiger partial charge in [0, 0.05) is 24.7 Å². The zero-order valence-electron chi connectivity index (χ0n) is 10.6. The van der Waals surface area contributed by atoms with Gasteiger partial charge in [-0.25, -0.2) is 4.98 Å². The van der Waals surface area contributed by atoms with Crippen molar-refractivity contribution in [3.8, 4) is 0 Å². The molecule has 3 rings (SSSR count). The fourth-order valence-corrected chi connectivity index (χ4v) is 4.24. The van der Waals surface area contributed by atoms with Crippen LogP contribution in [0.15, 0.2) is 11.6 Å². The molecule has 5 heteroatoms. The Hall–Kier alpha value is -0.940. The van der Waals surface area contributed by atoms with Gasteiger partial charge in [-0.15, -0.1) is 11.3 Å². The van der Waals surface area contributed by atoms with Gasteiger partial charge in [0.25, 0.3) is 0 Å². The summed E-state index contributed by atoms with van der Waals surface area (Å²) in [5, 5.41) is 2.93. The maximum absolute atomic E-state index is 12.5. The maximum atomic E-state index is 12.5. The first-order valence-corrected chi connectivity index (χ1v) is 7.43. The lowest BCUT2D eigenvalue weighted by Gasteiger charge is -2.30. The van der Waals surface area contributed by atoms with E-state index >= 15 is 0 Å². The summed E-state index contributed by atoms with van der Waals surface area (Å²) in [4.78, 5) is 18.5. The van der Waals surface area contributed by atoms with Crippen LogP contribution in [0.1, 0.15) is 24.3 Å². The van der Waals surface area contributed by atoms with Crippen molar-refractivity contribution in [2.75, 3.05) is 7.05 Å². The summed E-state index contributed by atoms with van der Waals surface area (Å²) in [6, 6.07) is 0.0787. The minimum atomic E-state index is 0.0497. The van der Waals surface area contributed by atoms with E-state index in [0.717, 1.165) is 11.4 Å². The molecule has 0 spiro atoms. The Bertz CT molecular complexity index is 431. The van der Waals surface area contributed by atoms with Crippen molar-refractivity contribution in [2.24, 2.45) is 23.5 Å². The zero-order valence-corrected chi connectivity index (χ0v) is 11.4. The number of fused-ring (bicyclic) bond motifs is 2. The zero-order chi connectivity index (χ0) is 12.7. The number of nitrogens with two attached hydrogens (primary N) is 1. The number of hydrogen-bond acceptors (Lipinski definition) is 4. The lowest BCUT2D eigenvalue weighted by Crippen LogP contribution is -2.45. The predicted octanol–water partition coefficient (Wildman–Crippen LogP) is 1.47. The molecule has 2 N–H and O–H groups in total. The molecule has 2 aliphatic carbocycles. The van der Waals surface area contributed by atoms with Crippen LogP contribution in [-0.4, -0.2) is 28.9 Å². The van der Waals surface area contributed by atoms with Gasteiger partial charge in [-0.1, -0.05) is 0 Å². The summed E-state index contributed by atoms with van der Waals surface area (Å²) in [5.41, 5.74) is 6.22. The second-order valence-corrected chi connectivity index (χ2v) is 6.54.